The number of hydrogen-bond acceptors (Lipinski definition) is 2. The molecule has 0 aromatic carbocycles. The van der Waals surface area contributed by atoms with E-state index in [2.05, 4.69) is 37.6 Å². The first-order valence-corrected chi connectivity index (χ1v) is 8.61. The maximum Gasteiger partial charge on any atom is -0.00204 e. The predicted molar refractivity (Wildman–Crippen MR) is 85.5 cm³/mol. The molecule has 1 aliphatic rings. The SMILES string of the molecule is CC(C)(C)C1CCC(CN)(CCc2ccsc2)CC1. The van der Waals surface area contributed by atoms with Crippen molar-refractivity contribution < 1.29 is 0 Å². The molecule has 108 valence electrons. The Hall–Kier alpha value is -0.340. The van der Waals surface area contributed by atoms with Crippen LogP contribution >= 0.6 is 11.3 Å². The van der Waals surface area contributed by atoms with Gasteiger partial charge in [0, 0.05) is 0 Å². The highest BCUT2D eigenvalue weighted by molar-refractivity contribution is 7.07. The minimum atomic E-state index is 0.420. The topological polar surface area (TPSA) is 26.0 Å². The largest absolute Gasteiger partial charge is 0.330 e. The molecule has 1 fully saturated rings. The van der Waals surface area contributed by atoms with Crippen molar-refractivity contribution in [1.82, 2.24) is 0 Å². The molecule has 0 spiro atoms. The van der Waals surface area contributed by atoms with Crippen molar-refractivity contribution >= 4 is 11.3 Å². The molecule has 19 heavy (non-hydrogen) atoms. The summed E-state index contributed by atoms with van der Waals surface area (Å²) >= 11 is 1.81. The molecule has 0 amide bonds. The number of nitrogens with two attached hydrogens (primary N) is 1. The van der Waals surface area contributed by atoms with E-state index in [-0.39, 0.29) is 0 Å². The van der Waals surface area contributed by atoms with Gasteiger partial charge in [0.25, 0.3) is 0 Å². The van der Waals surface area contributed by atoms with E-state index in [9.17, 15) is 0 Å². The van der Waals surface area contributed by atoms with E-state index in [0.717, 1.165) is 12.5 Å². The highest BCUT2D eigenvalue weighted by Gasteiger charge is 2.37. The number of hydrogen-bond donors (Lipinski definition) is 1. The molecule has 0 aliphatic heterocycles. The summed E-state index contributed by atoms with van der Waals surface area (Å²) in [4.78, 5) is 0. The monoisotopic (exact) mass is 279 g/mol. The summed E-state index contributed by atoms with van der Waals surface area (Å²) in [6, 6.07) is 2.26. The van der Waals surface area contributed by atoms with Crippen molar-refractivity contribution in [2.24, 2.45) is 22.5 Å². The zero-order valence-corrected chi connectivity index (χ0v) is 13.6. The standard InChI is InChI=1S/C17H29NS/c1-16(2,3)15-5-9-17(13-18,10-6-15)8-4-14-7-11-19-12-14/h7,11-12,15H,4-6,8-10,13,18H2,1-3H3. The molecule has 0 unspecified atom stereocenters. The molecule has 0 atom stereocenters. The van der Waals surface area contributed by atoms with Gasteiger partial charge < -0.3 is 5.73 Å². The highest BCUT2D eigenvalue weighted by Crippen LogP contribution is 2.46. The van der Waals surface area contributed by atoms with E-state index in [1.54, 1.807) is 11.3 Å². The molecule has 0 radical (unpaired) electrons. The Bertz CT molecular complexity index is 366. The lowest BCUT2D eigenvalue weighted by Crippen LogP contribution is -2.38. The first kappa shape index (κ1) is 15.1. The highest BCUT2D eigenvalue weighted by atomic mass is 32.1. The summed E-state index contributed by atoms with van der Waals surface area (Å²) in [5.41, 5.74) is 8.52. The van der Waals surface area contributed by atoms with Crippen LogP contribution < -0.4 is 5.73 Å². The predicted octanol–water partition coefficient (Wildman–Crippen LogP) is 4.86. The number of aryl methyl sites for hydroxylation is 1. The minimum absolute atomic E-state index is 0.420. The van der Waals surface area contributed by atoms with E-state index in [1.807, 2.05) is 0 Å². The van der Waals surface area contributed by atoms with Crippen LogP contribution in [0.4, 0.5) is 0 Å². The molecule has 1 saturated carbocycles. The van der Waals surface area contributed by atoms with Crippen molar-refractivity contribution in [2.45, 2.75) is 59.3 Å². The van der Waals surface area contributed by atoms with Crippen LogP contribution in [0, 0.1) is 16.7 Å². The summed E-state index contributed by atoms with van der Waals surface area (Å²) in [5.74, 6) is 0.883. The lowest BCUT2D eigenvalue weighted by atomic mass is 9.62. The van der Waals surface area contributed by atoms with Gasteiger partial charge in [0.1, 0.15) is 0 Å². The van der Waals surface area contributed by atoms with Gasteiger partial charge in [-0.05, 0) is 84.2 Å². The molecule has 1 aliphatic carbocycles. The summed E-state index contributed by atoms with van der Waals surface area (Å²) in [6.45, 7) is 8.03. The Balaban J connectivity index is 1.90. The fraction of sp³-hybridized carbons (Fsp3) is 0.765. The third kappa shape index (κ3) is 3.82. The van der Waals surface area contributed by atoms with Gasteiger partial charge in [-0.25, -0.2) is 0 Å². The maximum absolute atomic E-state index is 6.13. The summed E-state index contributed by atoms with van der Waals surface area (Å²) < 4.78 is 0. The van der Waals surface area contributed by atoms with Crippen molar-refractivity contribution in [1.29, 1.82) is 0 Å². The van der Waals surface area contributed by atoms with Crippen molar-refractivity contribution in [3.8, 4) is 0 Å². The van der Waals surface area contributed by atoms with Crippen LogP contribution in [-0.2, 0) is 6.42 Å². The van der Waals surface area contributed by atoms with Crippen molar-refractivity contribution in [3.63, 3.8) is 0 Å². The van der Waals surface area contributed by atoms with Gasteiger partial charge >= 0.3 is 0 Å². The van der Waals surface area contributed by atoms with Gasteiger partial charge in [-0.15, -0.1) is 0 Å². The second-order valence-corrected chi connectivity index (χ2v) is 8.26. The average molecular weight is 279 g/mol. The average Bonchev–Trinajstić information content (AvgIpc) is 2.89. The minimum Gasteiger partial charge on any atom is -0.330 e. The van der Waals surface area contributed by atoms with E-state index in [1.165, 1.54) is 44.1 Å². The molecule has 0 saturated heterocycles. The van der Waals surface area contributed by atoms with Gasteiger partial charge in [0.2, 0.25) is 0 Å². The van der Waals surface area contributed by atoms with Gasteiger partial charge in [0.15, 0.2) is 0 Å². The normalized spacial score (nSPS) is 28.5. The Morgan fingerprint density at radius 2 is 2.00 bits per heavy atom. The van der Waals surface area contributed by atoms with E-state index in [0.29, 0.717) is 10.8 Å². The molecular formula is C17H29NS. The van der Waals surface area contributed by atoms with Gasteiger partial charge in [-0.3, -0.25) is 0 Å². The Labute approximate surface area is 122 Å². The molecule has 1 heterocycles. The van der Waals surface area contributed by atoms with Gasteiger partial charge in [-0.1, -0.05) is 20.8 Å². The van der Waals surface area contributed by atoms with Crippen LogP contribution in [0.2, 0.25) is 0 Å². The number of rotatable bonds is 4. The maximum atomic E-state index is 6.13. The van der Waals surface area contributed by atoms with Crippen molar-refractivity contribution in [3.05, 3.63) is 22.4 Å². The van der Waals surface area contributed by atoms with Crippen LogP contribution in [0.5, 0.6) is 0 Å². The Morgan fingerprint density at radius 3 is 2.47 bits per heavy atom. The fourth-order valence-corrected chi connectivity index (χ4v) is 4.20. The molecular weight excluding hydrogens is 250 g/mol. The first-order chi connectivity index (χ1) is 8.95. The Kier molecular flexibility index (Phi) is 4.73. The molecule has 0 bridgehead atoms. The van der Waals surface area contributed by atoms with Crippen LogP contribution in [0.1, 0.15) is 58.4 Å². The van der Waals surface area contributed by atoms with E-state index in [4.69, 9.17) is 5.73 Å². The second-order valence-electron chi connectivity index (χ2n) is 7.48. The fourth-order valence-electron chi connectivity index (χ4n) is 3.50. The zero-order chi connectivity index (χ0) is 13.9. The summed E-state index contributed by atoms with van der Waals surface area (Å²) in [5, 5.41) is 4.46. The van der Waals surface area contributed by atoms with Crippen LogP contribution in [-0.4, -0.2) is 6.54 Å². The molecule has 2 rings (SSSR count). The van der Waals surface area contributed by atoms with E-state index < -0.39 is 0 Å². The summed E-state index contributed by atoms with van der Waals surface area (Å²) in [7, 11) is 0. The molecule has 1 aromatic heterocycles. The smallest absolute Gasteiger partial charge is 0.00204 e. The molecule has 2 N–H and O–H groups in total. The third-order valence-corrected chi connectivity index (χ3v) is 5.96. The molecule has 2 heteroatoms. The summed E-state index contributed by atoms with van der Waals surface area (Å²) in [6.07, 6.45) is 7.87. The quantitative estimate of drug-likeness (QED) is 0.836. The lowest BCUT2D eigenvalue weighted by Gasteiger charge is -2.44. The molecule has 1 aromatic rings. The second kappa shape index (κ2) is 5.97. The van der Waals surface area contributed by atoms with Crippen molar-refractivity contribution in [2.75, 3.05) is 6.54 Å². The van der Waals surface area contributed by atoms with Crippen LogP contribution in [0.15, 0.2) is 16.8 Å². The molecule has 1 nitrogen and oxygen atoms in total. The van der Waals surface area contributed by atoms with Gasteiger partial charge in [0.05, 0.1) is 0 Å². The van der Waals surface area contributed by atoms with Crippen LogP contribution in [0.25, 0.3) is 0 Å². The lowest BCUT2D eigenvalue weighted by molar-refractivity contribution is 0.0864. The number of thiophene rings is 1. The third-order valence-electron chi connectivity index (χ3n) is 5.23. The van der Waals surface area contributed by atoms with Crippen LogP contribution in [0.3, 0.4) is 0 Å². The zero-order valence-electron chi connectivity index (χ0n) is 12.7. The van der Waals surface area contributed by atoms with Gasteiger partial charge in [-0.2, -0.15) is 11.3 Å². The Morgan fingerprint density at radius 1 is 1.32 bits per heavy atom. The van der Waals surface area contributed by atoms with E-state index >= 15 is 0 Å². The first-order valence-electron chi connectivity index (χ1n) is 7.66.